The lowest BCUT2D eigenvalue weighted by Gasteiger charge is -2.18. The number of hydrogen-bond donors (Lipinski definition) is 3. The van der Waals surface area contributed by atoms with Crippen molar-refractivity contribution in [2.75, 3.05) is 6.61 Å². The van der Waals surface area contributed by atoms with E-state index in [4.69, 9.17) is 9.79 Å². The van der Waals surface area contributed by atoms with Crippen molar-refractivity contribution in [2.45, 2.75) is 6.11 Å². The molecule has 0 fully saturated rings. The summed E-state index contributed by atoms with van der Waals surface area (Å²) in [6.45, 7) is -1.63. The molecule has 0 spiro atoms. The third-order valence-electron chi connectivity index (χ3n) is 4.35. The minimum atomic E-state index is -5.07. The van der Waals surface area contributed by atoms with E-state index in [0.29, 0.717) is 27.8 Å². The molecule has 0 aliphatic carbocycles. The van der Waals surface area contributed by atoms with Crippen LogP contribution >= 0.6 is 7.82 Å². The standard InChI is InChI=1S/C19H15F2N4O6P/c20-19(21,10-30-32(27,28)29)31-14-5-3-12(4-6-14)15-9-25(13-2-1-7-22-8-13)17-16(15)18(26)24-11-23-17/h1-9,11H,10H2,(H,23,24,26)(H2,27,28,29). The molecule has 0 radical (unpaired) electrons. The van der Waals surface area contributed by atoms with Gasteiger partial charge in [0.15, 0.2) is 12.3 Å². The number of phosphoric acid groups is 1. The Balaban J connectivity index is 1.67. The topological polar surface area (TPSA) is 140 Å². The first-order valence-electron chi connectivity index (χ1n) is 8.99. The lowest BCUT2D eigenvalue weighted by molar-refractivity contribution is -0.198. The summed E-state index contributed by atoms with van der Waals surface area (Å²) in [5.41, 5.74) is 1.71. The van der Waals surface area contributed by atoms with Gasteiger partial charge in [-0.05, 0) is 29.8 Å². The van der Waals surface area contributed by atoms with Gasteiger partial charge in [-0.3, -0.25) is 18.9 Å². The molecule has 32 heavy (non-hydrogen) atoms. The molecule has 0 bridgehead atoms. The first kappa shape index (κ1) is 21.8. The molecule has 0 unspecified atom stereocenters. The van der Waals surface area contributed by atoms with Crippen LogP contribution in [0.4, 0.5) is 8.78 Å². The number of halogens is 2. The molecular formula is C19H15F2N4O6P. The Labute approximate surface area is 178 Å². The van der Waals surface area contributed by atoms with E-state index < -0.39 is 20.5 Å². The average Bonchev–Trinajstić information content (AvgIpc) is 3.14. The second-order valence-electron chi connectivity index (χ2n) is 6.58. The Hall–Kier alpha value is -3.44. The highest BCUT2D eigenvalue weighted by molar-refractivity contribution is 7.46. The minimum Gasteiger partial charge on any atom is -0.431 e. The number of aromatic nitrogens is 4. The Morgan fingerprint density at radius 1 is 1.19 bits per heavy atom. The summed E-state index contributed by atoms with van der Waals surface area (Å²) < 4.78 is 48.1. The van der Waals surface area contributed by atoms with E-state index in [1.54, 1.807) is 35.3 Å². The predicted octanol–water partition coefficient (Wildman–Crippen LogP) is 2.86. The number of ether oxygens (including phenoxy) is 1. The van der Waals surface area contributed by atoms with Gasteiger partial charge < -0.3 is 19.5 Å². The third kappa shape index (κ3) is 4.73. The van der Waals surface area contributed by atoms with Crippen LogP contribution in [0, 0.1) is 0 Å². The monoisotopic (exact) mass is 464 g/mol. The predicted molar refractivity (Wildman–Crippen MR) is 108 cm³/mol. The van der Waals surface area contributed by atoms with E-state index in [1.807, 2.05) is 0 Å². The SMILES string of the molecule is O=c1[nH]cnc2c1c(-c1ccc(OC(F)(F)COP(=O)(O)O)cc1)cn2-c1cccnc1. The van der Waals surface area contributed by atoms with Crippen molar-refractivity contribution in [3.05, 3.63) is 71.7 Å². The minimum absolute atomic E-state index is 0.268. The summed E-state index contributed by atoms with van der Waals surface area (Å²) in [6, 6.07) is 8.92. The molecule has 166 valence electrons. The third-order valence-corrected chi connectivity index (χ3v) is 4.81. The second kappa shape index (κ2) is 8.24. The Kier molecular flexibility index (Phi) is 5.61. The first-order chi connectivity index (χ1) is 15.1. The molecule has 0 saturated carbocycles. The lowest BCUT2D eigenvalue weighted by atomic mass is 10.1. The van der Waals surface area contributed by atoms with E-state index in [1.165, 1.54) is 30.6 Å². The summed E-state index contributed by atoms with van der Waals surface area (Å²) >= 11 is 0. The van der Waals surface area contributed by atoms with Crippen LogP contribution in [0.25, 0.3) is 27.8 Å². The number of fused-ring (bicyclic) bond motifs is 1. The van der Waals surface area contributed by atoms with Crippen molar-refractivity contribution < 1.29 is 32.4 Å². The summed E-state index contributed by atoms with van der Waals surface area (Å²) in [5.74, 6) is -0.268. The maximum absolute atomic E-state index is 13.8. The quantitative estimate of drug-likeness (QED) is 0.355. The lowest BCUT2D eigenvalue weighted by Crippen LogP contribution is -2.30. The van der Waals surface area contributed by atoms with Crippen molar-refractivity contribution in [3.63, 3.8) is 0 Å². The van der Waals surface area contributed by atoms with Crippen LogP contribution in [0.3, 0.4) is 0 Å². The van der Waals surface area contributed by atoms with Crippen LogP contribution < -0.4 is 10.3 Å². The number of nitrogens with one attached hydrogen (secondary N) is 1. The van der Waals surface area contributed by atoms with Crippen molar-refractivity contribution in [3.8, 4) is 22.6 Å². The molecule has 4 rings (SSSR count). The van der Waals surface area contributed by atoms with E-state index in [-0.39, 0.29) is 11.3 Å². The fraction of sp³-hybridized carbons (Fsp3) is 0.105. The highest BCUT2D eigenvalue weighted by atomic mass is 31.2. The molecule has 3 N–H and O–H groups in total. The molecule has 1 aromatic carbocycles. The van der Waals surface area contributed by atoms with E-state index in [9.17, 15) is 18.1 Å². The normalized spacial score (nSPS) is 12.2. The molecule has 4 aromatic rings. The second-order valence-corrected chi connectivity index (χ2v) is 7.82. The van der Waals surface area contributed by atoms with Crippen LogP contribution in [0.15, 0.2) is 66.1 Å². The zero-order valence-corrected chi connectivity index (χ0v) is 16.9. The Morgan fingerprint density at radius 2 is 1.94 bits per heavy atom. The van der Waals surface area contributed by atoms with Gasteiger partial charge >= 0.3 is 13.9 Å². The van der Waals surface area contributed by atoms with Gasteiger partial charge in [0.25, 0.3) is 5.56 Å². The van der Waals surface area contributed by atoms with Gasteiger partial charge in [0.1, 0.15) is 5.75 Å². The highest BCUT2D eigenvalue weighted by Crippen LogP contribution is 2.38. The fourth-order valence-electron chi connectivity index (χ4n) is 3.05. The molecule has 0 atom stereocenters. The van der Waals surface area contributed by atoms with E-state index in [2.05, 4.69) is 24.2 Å². The van der Waals surface area contributed by atoms with Gasteiger partial charge in [0, 0.05) is 18.0 Å². The smallest absolute Gasteiger partial charge is 0.431 e. The van der Waals surface area contributed by atoms with Crippen LogP contribution in [-0.4, -0.2) is 42.0 Å². The van der Waals surface area contributed by atoms with Gasteiger partial charge in [-0.2, -0.15) is 8.78 Å². The number of aromatic amines is 1. The Morgan fingerprint density at radius 3 is 2.59 bits per heavy atom. The molecule has 0 aliphatic rings. The van der Waals surface area contributed by atoms with Gasteiger partial charge in [0.05, 0.1) is 23.6 Å². The van der Waals surface area contributed by atoms with Gasteiger partial charge in [-0.1, -0.05) is 12.1 Å². The average molecular weight is 464 g/mol. The van der Waals surface area contributed by atoms with Crippen molar-refractivity contribution in [1.29, 1.82) is 0 Å². The number of hydrogen-bond acceptors (Lipinski definition) is 6. The van der Waals surface area contributed by atoms with Crippen LogP contribution in [0.5, 0.6) is 5.75 Å². The number of H-pyrrole nitrogens is 1. The number of nitrogens with zero attached hydrogens (tertiary/aromatic N) is 3. The maximum Gasteiger partial charge on any atom is 0.469 e. The molecule has 0 saturated heterocycles. The zero-order valence-electron chi connectivity index (χ0n) is 16.1. The highest BCUT2D eigenvalue weighted by Gasteiger charge is 2.35. The van der Waals surface area contributed by atoms with Crippen LogP contribution in [-0.2, 0) is 9.09 Å². The molecule has 13 heteroatoms. The van der Waals surface area contributed by atoms with Gasteiger partial charge in [-0.25, -0.2) is 9.55 Å². The Bertz CT molecular complexity index is 1350. The number of alkyl halides is 2. The summed E-state index contributed by atoms with van der Waals surface area (Å²) in [6.07, 6.45) is 2.20. The molecule has 0 aliphatic heterocycles. The summed E-state index contributed by atoms with van der Waals surface area (Å²) in [5, 5.41) is 0.297. The molecule has 0 amide bonds. The number of benzene rings is 1. The van der Waals surface area contributed by atoms with Crippen LogP contribution in [0.1, 0.15) is 0 Å². The summed E-state index contributed by atoms with van der Waals surface area (Å²) in [4.78, 5) is 40.5. The van der Waals surface area contributed by atoms with Crippen LogP contribution in [0.2, 0.25) is 0 Å². The molecule has 10 nitrogen and oxygen atoms in total. The first-order valence-corrected chi connectivity index (χ1v) is 10.5. The van der Waals surface area contributed by atoms with Crippen molar-refractivity contribution in [2.24, 2.45) is 0 Å². The van der Waals surface area contributed by atoms with Crippen molar-refractivity contribution >= 4 is 18.9 Å². The van der Waals surface area contributed by atoms with E-state index in [0.717, 1.165) is 0 Å². The number of pyridine rings is 1. The molecule has 3 heterocycles. The summed E-state index contributed by atoms with van der Waals surface area (Å²) in [7, 11) is -5.07. The maximum atomic E-state index is 13.8. The van der Waals surface area contributed by atoms with Crippen molar-refractivity contribution in [1.82, 2.24) is 19.5 Å². The molecule has 3 aromatic heterocycles. The number of rotatable bonds is 7. The molecular weight excluding hydrogens is 449 g/mol. The van der Waals surface area contributed by atoms with E-state index >= 15 is 0 Å². The number of phosphoric ester groups is 1. The van der Waals surface area contributed by atoms with Gasteiger partial charge in [-0.15, -0.1) is 0 Å². The zero-order chi connectivity index (χ0) is 22.9. The largest absolute Gasteiger partial charge is 0.469 e. The van der Waals surface area contributed by atoms with Gasteiger partial charge in [0.2, 0.25) is 0 Å². The fourth-order valence-corrected chi connectivity index (χ4v) is 3.36.